The Hall–Kier alpha value is -1.78. The Morgan fingerprint density at radius 2 is 1.85 bits per heavy atom. The van der Waals surface area contributed by atoms with Crippen molar-refractivity contribution in [3.8, 4) is 11.3 Å². The van der Waals surface area contributed by atoms with Crippen LogP contribution < -0.4 is 0 Å². The average molecular weight is 269 g/mol. The van der Waals surface area contributed by atoms with Crippen molar-refractivity contribution in [1.29, 1.82) is 0 Å². The summed E-state index contributed by atoms with van der Waals surface area (Å²) in [4.78, 5) is 10.9. The van der Waals surface area contributed by atoms with Gasteiger partial charge in [0.1, 0.15) is 0 Å². The van der Waals surface area contributed by atoms with Gasteiger partial charge < -0.3 is 4.74 Å². The summed E-state index contributed by atoms with van der Waals surface area (Å²) >= 11 is 0. The molecule has 4 heteroatoms. The van der Waals surface area contributed by atoms with E-state index in [-0.39, 0.29) is 0 Å². The first-order valence-corrected chi connectivity index (χ1v) is 7.03. The van der Waals surface area contributed by atoms with Gasteiger partial charge in [-0.1, -0.05) is 24.3 Å². The van der Waals surface area contributed by atoms with Gasteiger partial charge in [-0.15, -0.1) is 0 Å². The van der Waals surface area contributed by atoms with Crippen LogP contribution in [-0.4, -0.2) is 41.2 Å². The molecule has 0 saturated carbocycles. The molecule has 104 valence electrons. The maximum atomic E-state index is 5.41. The van der Waals surface area contributed by atoms with E-state index in [0.29, 0.717) is 6.04 Å². The maximum Gasteiger partial charge on any atom is 0.0885 e. The van der Waals surface area contributed by atoms with Gasteiger partial charge in [0.05, 0.1) is 25.1 Å². The van der Waals surface area contributed by atoms with Gasteiger partial charge in [-0.05, 0) is 12.5 Å². The van der Waals surface area contributed by atoms with E-state index in [4.69, 9.17) is 4.74 Å². The molecule has 3 rings (SSSR count). The zero-order valence-corrected chi connectivity index (χ0v) is 11.7. The molecular weight excluding hydrogens is 250 g/mol. The number of morpholine rings is 1. The van der Waals surface area contributed by atoms with Crippen molar-refractivity contribution < 1.29 is 4.74 Å². The van der Waals surface area contributed by atoms with Gasteiger partial charge >= 0.3 is 0 Å². The van der Waals surface area contributed by atoms with Crippen LogP contribution in [0.2, 0.25) is 0 Å². The topological polar surface area (TPSA) is 38.2 Å². The standard InChI is InChI=1S/C16H19N3O/c1-13(19-8-10-20-11-9-19)14-2-4-15(5-3-14)16-12-17-6-7-18-16/h2-7,12-13H,8-11H2,1H3. The van der Waals surface area contributed by atoms with Gasteiger partial charge in [-0.25, -0.2) is 0 Å². The number of hydrogen-bond acceptors (Lipinski definition) is 4. The molecule has 1 saturated heterocycles. The number of hydrogen-bond donors (Lipinski definition) is 0. The summed E-state index contributed by atoms with van der Waals surface area (Å²) in [5, 5.41) is 0. The zero-order chi connectivity index (χ0) is 13.8. The monoisotopic (exact) mass is 269 g/mol. The van der Waals surface area contributed by atoms with Crippen molar-refractivity contribution in [3.63, 3.8) is 0 Å². The second-order valence-electron chi connectivity index (χ2n) is 5.04. The van der Waals surface area contributed by atoms with Crippen molar-refractivity contribution in [1.82, 2.24) is 14.9 Å². The van der Waals surface area contributed by atoms with Gasteiger partial charge in [0.25, 0.3) is 0 Å². The van der Waals surface area contributed by atoms with E-state index in [2.05, 4.69) is 46.1 Å². The van der Waals surface area contributed by atoms with Crippen LogP contribution in [0.3, 0.4) is 0 Å². The summed E-state index contributed by atoms with van der Waals surface area (Å²) in [5.41, 5.74) is 3.36. The largest absolute Gasteiger partial charge is 0.379 e. The van der Waals surface area contributed by atoms with E-state index >= 15 is 0 Å². The molecule has 0 bridgehead atoms. The third kappa shape index (κ3) is 2.86. The molecule has 1 aliphatic heterocycles. The Morgan fingerprint density at radius 3 is 2.50 bits per heavy atom. The lowest BCUT2D eigenvalue weighted by molar-refractivity contribution is 0.0198. The molecule has 1 aromatic carbocycles. The molecular formula is C16H19N3O. The second-order valence-corrected chi connectivity index (χ2v) is 5.04. The van der Waals surface area contributed by atoms with Gasteiger partial charge in [0.15, 0.2) is 0 Å². The minimum Gasteiger partial charge on any atom is -0.379 e. The lowest BCUT2D eigenvalue weighted by atomic mass is 10.0. The number of nitrogens with zero attached hydrogens (tertiary/aromatic N) is 3. The van der Waals surface area contributed by atoms with Crippen LogP contribution in [0.5, 0.6) is 0 Å². The van der Waals surface area contributed by atoms with Crippen molar-refractivity contribution in [2.45, 2.75) is 13.0 Å². The molecule has 0 aliphatic carbocycles. The maximum absolute atomic E-state index is 5.41. The van der Waals surface area contributed by atoms with E-state index < -0.39 is 0 Å². The molecule has 2 aromatic rings. The Kier molecular flexibility index (Phi) is 4.04. The van der Waals surface area contributed by atoms with Crippen molar-refractivity contribution in [3.05, 3.63) is 48.4 Å². The minimum atomic E-state index is 0.426. The van der Waals surface area contributed by atoms with Crippen LogP contribution in [0.15, 0.2) is 42.9 Å². The number of rotatable bonds is 3. The first kappa shape index (κ1) is 13.2. The van der Waals surface area contributed by atoms with E-state index in [0.717, 1.165) is 37.6 Å². The highest BCUT2D eigenvalue weighted by Crippen LogP contribution is 2.24. The van der Waals surface area contributed by atoms with Crippen LogP contribution in [-0.2, 0) is 4.74 Å². The molecule has 1 aliphatic rings. The van der Waals surface area contributed by atoms with E-state index in [1.165, 1.54) is 5.56 Å². The summed E-state index contributed by atoms with van der Waals surface area (Å²) in [7, 11) is 0. The third-order valence-corrected chi connectivity index (χ3v) is 3.85. The highest BCUT2D eigenvalue weighted by molar-refractivity contribution is 5.58. The van der Waals surface area contributed by atoms with E-state index in [9.17, 15) is 0 Å². The molecule has 0 radical (unpaired) electrons. The van der Waals surface area contributed by atoms with Gasteiger partial charge in [0.2, 0.25) is 0 Å². The predicted octanol–water partition coefficient (Wildman–Crippen LogP) is 2.54. The Balaban J connectivity index is 1.75. The normalized spacial score (nSPS) is 17.9. The predicted molar refractivity (Wildman–Crippen MR) is 78.3 cm³/mol. The summed E-state index contributed by atoms with van der Waals surface area (Å²) in [5.74, 6) is 0. The molecule has 1 unspecified atom stereocenters. The van der Waals surface area contributed by atoms with Crippen LogP contribution >= 0.6 is 0 Å². The summed E-state index contributed by atoms with van der Waals surface area (Å²) < 4.78 is 5.41. The van der Waals surface area contributed by atoms with Crippen molar-refractivity contribution >= 4 is 0 Å². The quantitative estimate of drug-likeness (QED) is 0.858. The summed E-state index contributed by atoms with van der Waals surface area (Å²) in [6.07, 6.45) is 5.21. The average Bonchev–Trinajstić information content (AvgIpc) is 2.56. The van der Waals surface area contributed by atoms with Crippen molar-refractivity contribution in [2.75, 3.05) is 26.3 Å². The fourth-order valence-corrected chi connectivity index (χ4v) is 2.56. The number of ether oxygens (including phenoxy) is 1. The van der Waals surface area contributed by atoms with Crippen LogP contribution in [0.1, 0.15) is 18.5 Å². The lowest BCUT2D eigenvalue weighted by Crippen LogP contribution is -2.37. The van der Waals surface area contributed by atoms with Crippen molar-refractivity contribution in [2.24, 2.45) is 0 Å². The third-order valence-electron chi connectivity index (χ3n) is 3.85. The Morgan fingerprint density at radius 1 is 1.10 bits per heavy atom. The smallest absolute Gasteiger partial charge is 0.0885 e. The minimum absolute atomic E-state index is 0.426. The summed E-state index contributed by atoms with van der Waals surface area (Å²) in [6.45, 7) is 5.94. The van der Waals surface area contributed by atoms with Crippen LogP contribution in [0.4, 0.5) is 0 Å². The van der Waals surface area contributed by atoms with Crippen LogP contribution in [0.25, 0.3) is 11.3 Å². The lowest BCUT2D eigenvalue weighted by Gasteiger charge is -2.32. The first-order chi connectivity index (χ1) is 9.84. The van der Waals surface area contributed by atoms with E-state index in [1.807, 2.05) is 0 Å². The first-order valence-electron chi connectivity index (χ1n) is 7.03. The Bertz CT molecular complexity index is 535. The highest BCUT2D eigenvalue weighted by Gasteiger charge is 2.18. The molecule has 1 aromatic heterocycles. The van der Waals surface area contributed by atoms with E-state index in [1.54, 1.807) is 18.6 Å². The molecule has 4 nitrogen and oxygen atoms in total. The number of benzene rings is 1. The molecule has 1 fully saturated rings. The molecule has 20 heavy (non-hydrogen) atoms. The fourth-order valence-electron chi connectivity index (χ4n) is 2.56. The second kappa shape index (κ2) is 6.11. The zero-order valence-electron chi connectivity index (χ0n) is 11.7. The summed E-state index contributed by atoms with van der Waals surface area (Å²) in [6, 6.07) is 9.04. The SMILES string of the molecule is CC(c1ccc(-c2cnccn2)cc1)N1CCOCC1. The fraction of sp³-hybridized carbons (Fsp3) is 0.375. The molecule has 0 spiro atoms. The number of aromatic nitrogens is 2. The highest BCUT2D eigenvalue weighted by atomic mass is 16.5. The van der Waals surface area contributed by atoms with Gasteiger partial charge in [-0.2, -0.15) is 0 Å². The molecule has 2 heterocycles. The molecule has 0 amide bonds. The van der Waals surface area contributed by atoms with Gasteiger partial charge in [0, 0.05) is 37.1 Å². The van der Waals surface area contributed by atoms with Crippen LogP contribution in [0, 0.1) is 0 Å². The Labute approximate surface area is 119 Å². The molecule has 0 N–H and O–H groups in total. The molecule has 1 atom stereocenters. The van der Waals surface area contributed by atoms with Gasteiger partial charge in [-0.3, -0.25) is 14.9 Å².